The summed E-state index contributed by atoms with van der Waals surface area (Å²) in [4.78, 5) is 0. The molecule has 0 unspecified atom stereocenters. The van der Waals surface area contributed by atoms with Crippen molar-refractivity contribution in [1.29, 1.82) is 0 Å². The molecule has 0 amide bonds. The minimum absolute atomic E-state index is 0.102. The first-order valence-electron chi connectivity index (χ1n) is 3.78. The summed E-state index contributed by atoms with van der Waals surface area (Å²) in [6, 6.07) is 0. The van der Waals surface area contributed by atoms with E-state index >= 15 is 0 Å². The smallest absolute Gasteiger partial charge is 0.141 e. The summed E-state index contributed by atoms with van der Waals surface area (Å²) in [7, 11) is 0. The molecule has 3 nitrogen and oxygen atoms in total. The monoisotopic (exact) mass is 158 g/mol. The Morgan fingerprint density at radius 3 is 1.82 bits per heavy atom. The predicted octanol–water partition coefficient (Wildman–Crippen LogP) is 1.16. The average Bonchev–Trinajstić information content (AvgIpc) is 1.79. The molecule has 0 heterocycles. The molecule has 0 aliphatic heterocycles. The van der Waals surface area contributed by atoms with Crippen molar-refractivity contribution in [2.75, 3.05) is 6.61 Å². The van der Waals surface area contributed by atoms with Gasteiger partial charge in [0.05, 0.1) is 6.61 Å². The zero-order chi connectivity index (χ0) is 9.07. The number of ether oxygens (including phenoxy) is 1. The van der Waals surface area contributed by atoms with E-state index in [-0.39, 0.29) is 11.2 Å². The number of hydrogen-bond donors (Lipinski definition) is 2. The molecular formula is C8H18N2O. The van der Waals surface area contributed by atoms with E-state index < -0.39 is 0 Å². The van der Waals surface area contributed by atoms with Crippen molar-refractivity contribution in [3.05, 3.63) is 11.6 Å². The third-order valence-corrected chi connectivity index (χ3v) is 1.23. The molecule has 0 aromatic rings. The number of nitrogens with two attached hydrogens (primary N) is 2. The fourth-order valence-electron chi connectivity index (χ4n) is 0.877. The van der Waals surface area contributed by atoms with Gasteiger partial charge in [-0.3, -0.25) is 0 Å². The van der Waals surface area contributed by atoms with Gasteiger partial charge in [-0.25, -0.2) is 0 Å². The second-order valence-electron chi connectivity index (χ2n) is 3.47. The highest BCUT2D eigenvalue weighted by atomic mass is 16.5. The average molecular weight is 158 g/mol. The maximum Gasteiger partial charge on any atom is 0.141 e. The number of rotatable bonds is 2. The highest BCUT2D eigenvalue weighted by molar-refractivity contribution is 5.08. The van der Waals surface area contributed by atoms with E-state index in [2.05, 4.69) is 0 Å². The van der Waals surface area contributed by atoms with E-state index in [1.165, 1.54) is 0 Å². The second kappa shape index (κ2) is 3.51. The molecule has 0 fully saturated rings. The van der Waals surface area contributed by atoms with Crippen molar-refractivity contribution in [3.63, 3.8) is 0 Å². The summed E-state index contributed by atoms with van der Waals surface area (Å²) < 4.78 is 5.30. The van der Waals surface area contributed by atoms with Crippen LogP contribution in [0.3, 0.4) is 0 Å². The third kappa shape index (κ3) is 3.16. The molecule has 0 spiro atoms. The Morgan fingerprint density at radius 2 is 1.73 bits per heavy atom. The van der Waals surface area contributed by atoms with E-state index in [0.29, 0.717) is 12.4 Å². The van der Waals surface area contributed by atoms with Crippen LogP contribution in [-0.2, 0) is 4.74 Å². The standard InChI is InChI=1S/C8H18N2O/c1-5-11-6(7(9)10)8(2,3)4/h5,9-10H2,1-4H3. The Kier molecular flexibility index (Phi) is 3.23. The number of hydrogen-bond acceptors (Lipinski definition) is 3. The van der Waals surface area contributed by atoms with Crippen molar-refractivity contribution >= 4 is 0 Å². The van der Waals surface area contributed by atoms with Crippen molar-refractivity contribution in [2.45, 2.75) is 27.7 Å². The van der Waals surface area contributed by atoms with Gasteiger partial charge in [-0.05, 0) is 6.92 Å². The zero-order valence-electron chi connectivity index (χ0n) is 7.77. The Hall–Kier alpha value is -0.860. The van der Waals surface area contributed by atoms with Crippen LogP contribution in [0.4, 0.5) is 0 Å². The van der Waals surface area contributed by atoms with Crippen LogP contribution in [0.2, 0.25) is 0 Å². The lowest BCUT2D eigenvalue weighted by molar-refractivity contribution is 0.158. The fraction of sp³-hybridized carbons (Fsp3) is 0.750. The quantitative estimate of drug-likeness (QED) is 0.593. The maximum atomic E-state index is 5.44. The lowest BCUT2D eigenvalue weighted by Gasteiger charge is -2.23. The molecule has 0 atom stereocenters. The first-order chi connectivity index (χ1) is 4.89. The molecule has 4 N–H and O–H groups in total. The summed E-state index contributed by atoms with van der Waals surface area (Å²) in [5, 5.41) is 0. The molecule has 0 aliphatic carbocycles. The van der Waals surface area contributed by atoms with Gasteiger partial charge in [0.1, 0.15) is 11.6 Å². The summed E-state index contributed by atoms with van der Waals surface area (Å²) in [5.41, 5.74) is 10.8. The van der Waals surface area contributed by atoms with Gasteiger partial charge in [0.25, 0.3) is 0 Å². The lowest BCUT2D eigenvalue weighted by atomic mass is 9.93. The molecule has 66 valence electrons. The van der Waals surface area contributed by atoms with E-state index in [1.807, 2.05) is 27.7 Å². The Bertz CT molecular complexity index is 152. The van der Waals surface area contributed by atoms with Gasteiger partial charge in [-0.1, -0.05) is 20.8 Å². The van der Waals surface area contributed by atoms with Gasteiger partial charge in [-0.2, -0.15) is 0 Å². The van der Waals surface area contributed by atoms with Crippen molar-refractivity contribution in [3.8, 4) is 0 Å². The predicted molar refractivity (Wildman–Crippen MR) is 46.5 cm³/mol. The maximum absolute atomic E-state index is 5.44. The van der Waals surface area contributed by atoms with E-state index in [1.54, 1.807) is 0 Å². The first kappa shape index (κ1) is 10.1. The van der Waals surface area contributed by atoms with Gasteiger partial charge in [0.2, 0.25) is 0 Å². The van der Waals surface area contributed by atoms with Crippen molar-refractivity contribution in [2.24, 2.45) is 16.9 Å². The van der Waals surface area contributed by atoms with Crippen LogP contribution in [0, 0.1) is 5.41 Å². The van der Waals surface area contributed by atoms with E-state index in [9.17, 15) is 0 Å². The van der Waals surface area contributed by atoms with Gasteiger partial charge in [0.15, 0.2) is 0 Å². The topological polar surface area (TPSA) is 61.3 Å². The van der Waals surface area contributed by atoms with Gasteiger partial charge in [-0.15, -0.1) is 0 Å². The largest absolute Gasteiger partial charge is 0.494 e. The second-order valence-corrected chi connectivity index (χ2v) is 3.47. The SMILES string of the molecule is CCOC(=C(N)N)C(C)(C)C. The van der Waals surface area contributed by atoms with Gasteiger partial charge in [0, 0.05) is 5.41 Å². The van der Waals surface area contributed by atoms with Crippen LogP contribution in [0.5, 0.6) is 0 Å². The molecule has 0 radical (unpaired) electrons. The van der Waals surface area contributed by atoms with Crippen LogP contribution in [0.25, 0.3) is 0 Å². The molecule has 0 saturated carbocycles. The lowest BCUT2D eigenvalue weighted by Crippen LogP contribution is -2.23. The molecule has 3 heteroatoms. The third-order valence-electron chi connectivity index (χ3n) is 1.23. The molecule has 0 saturated heterocycles. The Balaban J connectivity index is 4.50. The summed E-state index contributed by atoms with van der Waals surface area (Å²) in [6.07, 6.45) is 0. The normalized spacial score (nSPS) is 10.9. The van der Waals surface area contributed by atoms with E-state index in [0.717, 1.165) is 0 Å². The molecule has 0 aliphatic rings. The Labute approximate surface area is 68.4 Å². The van der Waals surface area contributed by atoms with Gasteiger partial charge < -0.3 is 16.2 Å². The van der Waals surface area contributed by atoms with Crippen LogP contribution in [0.15, 0.2) is 11.6 Å². The highest BCUT2D eigenvalue weighted by Gasteiger charge is 2.20. The van der Waals surface area contributed by atoms with Crippen LogP contribution in [-0.4, -0.2) is 6.61 Å². The number of allylic oxidation sites excluding steroid dienone is 1. The molecule has 0 rings (SSSR count). The molecule has 0 bridgehead atoms. The van der Waals surface area contributed by atoms with Crippen LogP contribution in [0.1, 0.15) is 27.7 Å². The van der Waals surface area contributed by atoms with Crippen molar-refractivity contribution < 1.29 is 4.74 Å². The summed E-state index contributed by atoms with van der Waals surface area (Å²) in [5.74, 6) is 0.958. The minimum atomic E-state index is -0.102. The molecular weight excluding hydrogens is 140 g/mol. The summed E-state index contributed by atoms with van der Waals surface area (Å²) >= 11 is 0. The van der Waals surface area contributed by atoms with Crippen molar-refractivity contribution in [1.82, 2.24) is 0 Å². The Morgan fingerprint density at radius 1 is 1.27 bits per heavy atom. The highest BCUT2D eigenvalue weighted by Crippen LogP contribution is 2.26. The molecule has 0 aromatic carbocycles. The van der Waals surface area contributed by atoms with E-state index in [4.69, 9.17) is 16.2 Å². The zero-order valence-corrected chi connectivity index (χ0v) is 7.77. The molecule has 0 aromatic heterocycles. The molecule has 11 heavy (non-hydrogen) atoms. The first-order valence-corrected chi connectivity index (χ1v) is 3.78. The van der Waals surface area contributed by atoms with Gasteiger partial charge >= 0.3 is 0 Å². The fourth-order valence-corrected chi connectivity index (χ4v) is 0.877. The van der Waals surface area contributed by atoms with Crippen LogP contribution >= 0.6 is 0 Å². The van der Waals surface area contributed by atoms with Crippen LogP contribution < -0.4 is 11.5 Å². The summed E-state index contributed by atoms with van der Waals surface area (Å²) in [6.45, 7) is 8.55. The minimum Gasteiger partial charge on any atom is -0.494 e.